The summed E-state index contributed by atoms with van der Waals surface area (Å²) in [4.78, 5) is 31.8. The van der Waals surface area contributed by atoms with E-state index in [-0.39, 0.29) is 17.6 Å². The molecule has 0 fully saturated rings. The van der Waals surface area contributed by atoms with Crippen molar-refractivity contribution in [2.24, 2.45) is 0 Å². The molecule has 0 saturated carbocycles. The molecule has 6 heteroatoms. The first-order valence-corrected chi connectivity index (χ1v) is 7.11. The van der Waals surface area contributed by atoms with Gasteiger partial charge in [0.15, 0.2) is 0 Å². The van der Waals surface area contributed by atoms with Crippen LogP contribution < -0.4 is 10.9 Å². The van der Waals surface area contributed by atoms with Gasteiger partial charge in [-0.25, -0.2) is 0 Å². The number of rotatable bonds is 6. The van der Waals surface area contributed by atoms with E-state index < -0.39 is 5.56 Å². The number of aromatic amines is 1. The number of benzene rings is 1. The van der Waals surface area contributed by atoms with Crippen LogP contribution in [0.15, 0.2) is 47.5 Å². The van der Waals surface area contributed by atoms with Gasteiger partial charge in [0.05, 0.1) is 18.4 Å². The summed E-state index contributed by atoms with van der Waals surface area (Å²) in [6.45, 7) is 0.837. The molecule has 0 aliphatic heterocycles. The number of amides is 1. The first-order chi connectivity index (χ1) is 10.6. The van der Waals surface area contributed by atoms with Crippen molar-refractivity contribution >= 4 is 5.91 Å². The summed E-state index contributed by atoms with van der Waals surface area (Å²) in [6, 6.07) is 9.65. The molecular weight excluding hydrogens is 280 g/mol. The second kappa shape index (κ2) is 7.51. The van der Waals surface area contributed by atoms with E-state index >= 15 is 0 Å². The largest absolute Gasteiger partial charge is 0.344 e. The van der Waals surface area contributed by atoms with Gasteiger partial charge < -0.3 is 15.2 Å². The van der Waals surface area contributed by atoms with Gasteiger partial charge in [-0.2, -0.15) is 0 Å². The maximum Gasteiger partial charge on any atom is 0.269 e. The Morgan fingerprint density at radius 3 is 2.64 bits per heavy atom. The predicted molar refractivity (Wildman–Crippen MR) is 84.7 cm³/mol. The second-order valence-corrected chi connectivity index (χ2v) is 5.34. The van der Waals surface area contributed by atoms with E-state index in [0.717, 1.165) is 24.7 Å². The molecule has 22 heavy (non-hydrogen) atoms. The van der Waals surface area contributed by atoms with Crippen LogP contribution in [0.1, 0.15) is 28.5 Å². The molecule has 6 nitrogen and oxygen atoms in total. The van der Waals surface area contributed by atoms with Crippen molar-refractivity contribution < 1.29 is 4.79 Å². The maximum absolute atomic E-state index is 12.3. The molecule has 0 radical (unpaired) electrons. The van der Waals surface area contributed by atoms with Crippen LogP contribution >= 0.6 is 0 Å². The highest BCUT2D eigenvalue weighted by Gasteiger charge is 2.16. The molecule has 2 aromatic rings. The molecule has 1 atom stereocenters. The van der Waals surface area contributed by atoms with Gasteiger partial charge >= 0.3 is 0 Å². The fourth-order valence-electron chi connectivity index (χ4n) is 2.12. The Hall–Kier alpha value is -2.47. The predicted octanol–water partition coefficient (Wildman–Crippen LogP) is 1.19. The van der Waals surface area contributed by atoms with Crippen LogP contribution in [0.25, 0.3) is 0 Å². The Morgan fingerprint density at radius 2 is 2.00 bits per heavy atom. The van der Waals surface area contributed by atoms with Gasteiger partial charge in [-0.15, -0.1) is 0 Å². The number of hydrogen-bond acceptors (Lipinski definition) is 4. The number of H-pyrrole nitrogens is 1. The van der Waals surface area contributed by atoms with E-state index in [1.807, 2.05) is 44.4 Å². The third kappa shape index (κ3) is 4.53. The van der Waals surface area contributed by atoms with E-state index in [9.17, 15) is 9.59 Å². The molecule has 2 N–H and O–H groups in total. The fraction of sp³-hybridized carbons (Fsp3) is 0.312. The van der Waals surface area contributed by atoms with Crippen molar-refractivity contribution in [1.82, 2.24) is 20.2 Å². The lowest BCUT2D eigenvalue weighted by atomic mass is 10.0. The minimum absolute atomic E-state index is 0.125. The Bertz CT molecular complexity index is 667. The van der Waals surface area contributed by atoms with Gasteiger partial charge in [0.2, 0.25) is 0 Å². The lowest BCUT2D eigenvalue weighted by Crippen LogP contribution is -2.32. The Balaban J connectivity index is 2.15. The fourth-order valence-corrected chi connectivity index (χ4v) is 2.12. The first kappa shape index (κ1) is 15.9. The van der Waals surface area contributed by atoms with Crippen molar-refractivity contribution in [2.75, 3.05) is 20.6 Å². The van der Waals surface area contributed by atoms with E-state index in [1.54, 1.807) is 0 Å². The summed E-state index contributed by atoms with van der Waals surface area (Å²) in [7, 11) is 3.98. The summed E-state index contributed by atoms with van der Waals surface area (Å²) >= 11 is 0. The van der Waals surface area contributed by atoms with Crippen molar-refractivity contribution in [1.29, 1.82) is 0 Å². The van der Waals surface area contributed by atoms with E-state index in [1.165, 1.54) is 6.20 Å². The van der Waals surface area contributed by atoms with Gasteiger partial charge in [0, 0.05) is 0 Å². The minimum Gasteiger partial charge on any atom is -0.344 e. The molecule has 0 aliphatic carbocycles. The van der Waals surface area contributed by atoms with E-state index in [0.29, 0.717) is 0 Å². The van der Waals surface area contributed by atoms with Gasteiger partial charge in [-0.3, -0.25) is 14.6 Å². The van der Waals surface area contributed by atoms with Crippen molar-refractivity contribution in [2.45, 2.75) is 12.5 Å². The highest BCUT2D eigenvalue weighted by atomic mass is 16.2. The highest BCUT2D eigenvalue weighted by molar-refractivity contribution is 5.92. The molecule has 0 spiro atoms. The summed E-state index contributed by atoms with van der Waals surface area (Å²) in [5.74, 6) is -0.335. The molecule has 0 saturated heterocycles. The van der Waals surface area contributed by atoms with Crippen LogP contribution in [-0.2, 0) is 0 Å². The number of carbonyl (C=O) groups excluding carboxylic acids is 1. The standard InChI is InChI=1S/C16H20N4O2/c1-20(2)9-8-13(12-6-4-3-5-7-12)19-16(22)14-10-17-11-15(21)18-14/h3-7,10-11,13H,8-9H2,1-2H3,(H,18,21)(H,19,22)/t13-/m1/s1. The van der Waals surface area contributed by atoms with Gasteiger partial charge in [0.1, 0.15) is 5.69 Å². The summed E-state index contributed by atoms with van der Waals surface area (Å²) in [5.41, 5.74) is 0.805. The van der Waals surface area contributed by atoms with Crippen LogP contribution in [0.4, 0.5) is 0 Å². The quantitative estimate of drug-likeness (QED) is 0.840. The van der Waals surface area contributed by atoms with Gasteiger partial charge in [-0.1, -0.05) is 30.3 Å². The zero-order valence-electron chi connectivity index (χ0n) is 12.7. The van der Waals surface area contributed by atoms with Gasteiger partial charge in [0.25, 0.3) is 11.5 Å². The van der Waals surface area contributed by atoms with Crippen LogP contribution in [0.3, 0.4) is 0 Å². The summed E-state index contributed by atoms with van der Waals surface area (Å²) in [6.07, 6.45) is 3.26. The minimum atomic E-state index is -0.391. The highest BCUT2D eigenvalue weighted by Crippen LogP contribution is 2.17. The Kier molecular flexibility index (Phi) is 5.43. The zero-order chi connectivity index (χ0) is 15.9. The van der Waals surface area contributed by atoms with E-state index in [4.69, 9.17) is 0 Å². The summed E-state index contributed by atoms with van der Waals surface area (Å²) < 4.78 is 0. The molecule has 0 unspecified atom stereocenters. The normalized spacial score (nSPS) is 12.1. The molecule has 0 bridgehead atoms. The van der Waals surface area contributed by atoms with Crippen molar-refractivity contribution in [3.63, 3.8) is 0 Å². The number of aromatic nitrogens is 2. The van der Waals surface area contributed by atoms with Crippen LogP contribution in [0.2, 0.25) is 0 Å². The Labute approximate surface area is 129 Å². The van der Waals surface area contributed by atoms with Crippen molar-refractivity contribution in [3.8, 4) is 0 Å². The Morgan fingerprint density at radius 1 is 1.27 bits per heavy atom. The molecule has 1 aromatic heterocycles. The molecule has 1 aromatic carbocycles. The average Bonchev–Trinajstić information content (AvgIpc) is 2.52. The SMILES string of the molecule is CN(C)CC[C@@H](NC(=O)c1cncc(=O)[nH]1)c1ccccc1. The van der Waals surface area contributed by atoms with E-state index in [2.05, 4.69) is 20.2 Å². The monoisotopic (exact) mass is 300 g/mol. The van der Waals surface area contributed by atoms with Crippen LogP contribution in [0, 0.1) is 0 Å². The van der Waals surface area contributed by atoms with Gasteiger partial charge in [-0.05, 0) is 32.6 Å². The topological polar surface area (TPSA) is 78.1 Å². The molecule has 1 heterocycles. The lowest BCUT2D eigenvalue weighted by Gasteiger charge is -2.21. The van der Waals surface area contributed by atoms with Crippen LogP contribution in [0.5, 0.6) is 0 Å². The molecule has 0 aliphatic rings. The molecule has 116 valence electrons. The third-order valence-electron chi connectivity index (χ3n) is 3.27. The zero-order valence-corrected chi connectivity index (χ0v) is 12.7. The smallest absolute Gasteiger partial charge is 0.269 e. The van der Waals surface area contributed by atoms with Crippen LogP contribution in [-0.4, -0.2) is 41.4 Å². The molecule has 1 amide bonds. The second-order valence-electron chi connectivity index (χ2n) is 5.34. The third-order valence-corrected chi connectivity index (χ3v) is 3.27. The molecule has 2 rings (SSSR count). The van der Waals surface area contributed by atoms with Crippen molar-refractivity contribution in [3.05, 3.63) is 64.3 Å². The lowest BCUT2D eigenvalue weighted by molar-refractivity contribution is 0.0927. The number of nitrogens with zero attached hydrogens (tertiary/aromatic N) is 2. The molecular formula is C16H20N4O2. The number of hydrogen-bond donors (Lipinski definition) is 2. The first-order valence-electron chi connectivity index (χ1n) is 7.11. The number of nitrogens with one attached hydrogen (secondary N) is 2. The average molecular weight is 300 g/mol. The number of carbonyl (C=O) groups is 1. The summed E-state index contributed by atoms with van der Waals surface area (Å²) in [5, 5.41) is 2.96. The maximum atomic E-state index is 12.3.